The van der Waals surface area contributed by atoms with Crippen LogP contribution in [-0.2, 0) is 4.74 Å². The van der Waals surface area contributed by atoms with Gasteiger partial charge >= 0.3 is 0 Å². The van der Waals surface area contributed by atoms with Gasteiger partial charge in [0.1, 0.15) is 6.10 Å². The molecule has 2 aromatic carbocycles. The minimum Gasteiger partial charge on any atom is -0.467 e. The SMILES string of the molecule is C[C@@H]1N=C(c2ccccc2)O[C@@H]1c1ccccc1. The van der Waals surface area contributed by atoms with Crippen molar-refractivity contribution in [1.82, 2.24) is 0 Å². The van der Waals surface area contributed by atoms with E-state index in [9.17, 15) is 0 Å². The molecule has 0 aliphatic carbocycles. The van der Waals surface area contributed by atoms with E-state index in [1.165, 1.54) is 5.56 Å². The van der Waals surface area contributed by atoms with Crippen LogP contribution in [0.1, 0.15) is 24.2 Å². The Balaban J connectivity index is 1.85. The summed E-state index contributed by atoms with van der Waals surface area (Å²) in [5.74, 6) is 0.747. The lowest BCUT2D eigenvalue weighted by atomic mass is 10.0. The molecule has 2 heteroatoms. The van der Waals surface area contributed by atoms with Gasteiger partial charge in [-0.1, -0.05) is 48.5 Å². The number of nitrogens with zero attached hydrogens (tertiary/aromatic N) is 1. The van der Waals surface area contributed by atoms with Crippen molar-refractivity contribution in [2.75, 3.05) is 0 Å². The molecular weight excluding hydrogens is 222 g/mol. The molecule has 0 N–H and O–H groups in total. The molecular formula is C16H15NO. The standard InChI is InChI=1S/C16H15NO/c1-12-15(13-8-4-2-5-9-13)18-16(17-12)14-10-6-3-7-11-14/h2-12,15H,1H3/t12-,15-/m0/s1. The lowest BCUT2D eigenvalue weighted by molar-refractivity contribution is 0.202. The van der Waals surface area contributed by atoms with Crippen molar-refractivity contribution in [3.05, 3.63) is 71.8 Å². The second-order valence-electron chi connectivity index (χ2n) is 4.49. The number of hydrogen-bond acceptors (Lipinski definition) is 2. The first-order valence-corrected chi connectivity index (χ1v) is 6.19. The average Bonchev–Trinajstić information content (AvgIpc) is 2.83. The molecule has 2 nitrogen and oxygen atoms in total. The van der Waals surface area contributed by atoms with E-state index in [1.54, 1.807) is 0 Å². The van der Waals surface area contributed by atoms with Gasteiger partial charge in [-0.2, -0.15) is 0 Å². The Morgan fingerprint density at radius 3 is 2.17 bits per heavy atom. The van der Waals surface area contributed by atoms with Crippen molar-refractivity contribution in [3.63, 3.8) is 0 Å². The fourth-order valence-electron chi connectivity index (χ4n) is 2.21. The summed E-state index contributed by atoms with van der Waals surface area (Å²) in [5, 5.41) is 0. The second kappa shape index (κ2) is 4.65. The van der Waals surface area contributed by atoms with Crippen LogP contribution in [0.2, 0.25) is 0 Å². The highest BCUT2D eigenvalue weighted by molar-refractivity contribution is 5.95. The van der Waals surface area contributed by atoms with Crippen molar-refractivity contribution < 1.29 is 4.74 Å². The summed E-state index contributed by atoms with van der Waals surface area (Å²) in [6.45, 7) is 2.09. The first-order valence-electron chi connectivity index (χ1n) is 6.19. The van der Waals surface area contributed by atoms with Crippen LogP contribution in [0, 0.1) is 0 Å². The summed E-state index contributed by atoms with van der Waals surface area (Å²) in [6, 6.07) is 20.5. The van der Waals surface area contributed by atoms with Crippen molar-refractivity contribution in [2.24, 2.45) is 4.99 Å². The van der Waals surface area contributed by atoms with Gasteiger partial charge in [0.15, 0.2) is 0 Å². The molecule has 0 radical (unpaired) electrons. The molecule has 1 aliphatic rings. The molecule has 0 saturated heterocycles. The summed E-state index contributed by atoms with van der Waals surface area (Å²) >= 11 is 0. The third-order valence-corrected chi connectivity index (χ3v) is 3.15. The topological polar surface area (TPSA) is 21.6 Å². The zero-order valence-corrected chi connectivity index (χ0v) is 10.3. The van der Waals surface area contributed by atoms with E-state index < -0.39 is 0 Å². The summed E-state index contributed by atoms with van der Waals surface area (Å²) < 4.78 is 6.00. The van der Waals surface area contributed by atoms with Gasteiger partial charge in [0, 0.05) is 5.56 Å². The summed E-state index contributed by atoms with van der Waals surface area (Å²) in [7, 11) is 0. The van der Waals surface area contributed by atoms with Gasteiger partial charge in [-0.15, -0.1) is 0 Å². The fraction of sp³-hybridized carbons (Fsp3) is 0.188. The van der Waals surface area contributed by atoms with Gasteiger partial charge in [0.25, 0.3) is 0 Å². The zero-order valence-electron chi connectivity index (χ0n) is 10.3. The quantitative estimate of drug-likeness (QED) is 0.782. The van der Waals surface area contributed by atoms with Crippen molar-refractivity contribution >= 4 is 5.90 Å². The molecule has 0 fully saturated rings. The van der Waals surface area contributed by atoms with Crippen LogP contribution in [0.3, 0.4) is 0 Å². The number of rotatable bonds is 2. The van der Waals surface area contributed by atoms with Crippen LogP contribution in [0.5, 0.6) is 0 Å². The molecule has 0 bridgehead atoms. The fourth-order valence-corrected chi connectivity index (χ4v) is 2.21. The maximum absolute atomic E-state index is 6.00. The predicted molar refractivity (Wildman–Crippen MR) is 72.7 cm³/mol. The van der Waals surface area contributed by atoms with Gasteiger partial charge in [-0.05, 0) is 24.6 Å². The second-order valence-corrected chi connectivity index (χ2v) is 4.49. The van der Waals surface area contributed by atoms with Crippen molar-refractivity contribution in [2.45, 2.75) is 19.1 Å². The molecule has 1 aliphatic heterocycles. The maximum Gasteiger partial charge on any atom is 0.217 e. The molecule has 0 amide bonds. The maximum atomic E-state index is 6.00. The lowest BCUT2D eigenvalue weighted by Gasteiger charge is -2.14. The molecule has 0 spiro atoms. The molecule has 3 rings (SSSR count). The highest BCUT2D eigenvalue weighted by Crippen LogP contribution is 2.30. The molecule has 1 heterocycles. The van der Waals surface area contributed by atoms with E-state index in [-0.39, 0.29) is 12.1 Å². The number of hydrogen-bond donors (Lipinski definition) is 0. The van der Waals surface area contributed by atoms with Gasteiger partial charge in [0.05, 0.1) is 6.04 Å². The molecule has 0 unspecified atom stereocenters. The first kappa shape index (κ1) is 11.0. The molecule has 0 aromatic heterocycles. The van der Waals surface area contributed by atoms with Crippen molar-refractivity contribution in [3.8, 4) is 0 Å². The van der Waals surface area contributed by atoms with Crippen LogP contribution in [0.25, 0.3) is 0 Å². The Morgan fingerprint density at radius 1 is 0.889 bits per heavy atom. The van der Waals surface area contributed by atoms with Crippen molar-refractivity contribution in [1.29, 1.82) is 0 Å². The van der Waals surface area contributed by atoms with E-state index >= 15 is 0 Å². The van der Waals surface area contributed by atoms with Crippen LogP contribution in [0.15, 0.2) is 65.7 Å². The minimum absolute atomic E-state index is 0.0291. The Morgan fingerprint density at radius 2 is 1.50 bits per heavy atom. The van der Waals surface area contributed by atoms with Gasteiger partial charge < -0.3 is 4.74 Å². The summed E-state index contributed by atoms with van der Waals surface area (Å²) in [5.41, 5.74) is 2.22. The number of ether oxygens (including phenoxy) is 1. The van der Waals surface area contributed by atoms with Gasteiger partial charge in [-0.3, -0.25) is 0 Å². The normalized spacial score (nSPS) is 22.4. The van der Waals surface area contributed by atoms with E-state index in [4.69, 9.17) is 4.74 Å². The van der Waals surface area contributed by atoms with Crippen LogP contribution in [-0.4, -0.2) is 11.9 Å². The van der Waals surface area contributed by atoms with Crippen LogP contribution < -0.4 is 0 Å². The monoisotopic (exact) mass is 237 g/mol. The minimum atomic E-state index is 0.0291. The molecule has 0 saturated carbocycles. The average molecular weight is 237 g/mol. The van der Waals surface area contributed by atoms with Crippen LogP contribution in [0.4, 0.5) is 0 Å². The summed E-state index contributed by atoms with van der Waals surface area (Å²) in [6.07, 6.45) is 0.0291. The smallest absolute Gasteiger partial charge is 0.217 e. The first-order chi connectivity index (χ1) is 8.84. The Bertz CT molecular complexity index is 548. The molecule has 2 aromatic rings. The van der Waals surface area contributed by atoms with Gasteiger partial charge in [0.2, 0.25) is 5.90 Å². The lowest BCUT2D eigenvalue weighted by Crippen LogP contribution is -2.10. The van der Waals surface area contributed by atoms with E-state index in [0.717, 1.165) is 11.5 Å². The third-order valence-electron chi connectivity index (χ3n) is 3.15. The number of aliphatic imine (C=N–C) groups is 1. The molecule has 90 valence electrons. The highest BCUT2D eigenvalue weighted by Gasteiger charge is 2.29. The Kier molecular flexibility index (Phi) is 2.85. The highest BCUT2D eigenvalue weighted by atomic mass is 16.5. The molecule has 18 heavy (non-hydrogen) atoms. The van der Waals surface area contributed by atoms with Crippen LogP contribution >= 0.6 is 0 Å². The Hall–Kier alpha value is -2.09. The van der Waals surface area contributed by atoms with E-state index in [0.29, 0.717) is 0 Å². The zero-order chi connectivity index (χ0) is 12.4. The molecule has 2 atom stereocenters. The van der Waals surface area contributed by atoms with Gasteiger partial charge in [-0.25, -0.2) is 4.99 Å². The summed E-state index contributed by atoms with van der Waals surface area (Å²) in [4.78, 5) is 4.61. The third kappa shape index (κ3) is 2.02. The van der Waals surface area contributed by atoms with E-state index in [2.05, 4.69) is 24.0 Å². The number of benzene rings is 2. The Labute approximate surface area is 107 Å². The van der Waals surface area contributed by atoms with E-state index in [1.807, 2.05) is 48.5 Å². The largest absolute Gasteiger partial charge is 0.467 e. The predicted octanol–water partition coefficient (Wildman–Crippen LogP) is 3.59.